The molecule has 106 valence electrons. The van der Waals surface area contributed by atoms with Crippen LogP contribution in [0.1, 0.15) is 61.3 Å². The number of rotatable bonds is 5. The third kappa shape index (κ3) is 25.9. The zero-order valence-electron chi connectivity index (χ0n) is 13.5. The summed E-state index contributed by atoms with van der Waals surface area (Å²) in [4.78, 5) is 0. The van der Waals surface area contributed by atoms with Crippen molar-refractivity contribution in [2.24, 2.45) is 10.8 Å². The first-order chi connectivity index (χ1) is 7.62. The monoisotopic (exact) mass is 244 g/mol. The average molecular weight is 244 g/mol. The maximum atomic E-state index is 3.30. The fourth-order valence-electron chi connectivity index (χ4n) is 1.14. The van der Waals surface area contributed by atoms with Crippen LogP contribution >= 0.6 is 0 Å². The van der Waals surface area contributed by atoms with Crippen LogP contribution in [0.2, 0.25) is 0 Å². The van der Waals surface area contributed by atoms with Crippen LogP contribution in [0.4, 0.5) is 0 Å². The fourth-order valence-corrected chi connectivity index (χ4v) is 1.14. The highest BCUT2D eigenvalue weighted by Gasteiger charge is 2.08. The second-order valence-electron chi connectivity index (χ2n) is 7.08. The SMILES string of the molecule is CCNCCC(C)(C)C.CNCCC(C)(C)C. The largest absolute Gasteiger partial charge is 0.320 e. The van der Waals surface area contributed by atoms with Gasteiger partial charge in [-0.2, -0.15) is 0 Å². The normalized spacial score (nSPS) is 12.0. The summed E-state index contributed by atoms with van der Waals surface area (Å²) in [5.74, 6) is 0. The van der Waals surface area contributed by atoms with E-state index in [1.54, 1.807) is 0 Å². The standard InChI is InChI=1S/C8H19N.C7H17N/c1-5-9-7-6-8(2,3)4;1-7(2,3)5-6-8-4/h9H,5-7H2,1-4H3;8H,5-6H2,1-4H3. The van der Waals surface area contributed by atoms with Crippen LogP contribution in [0.5, 0.6) is 0 Å². The van der Waals surface area contributed by atoms with E-state index in [4.69, 9.17) is 0 Å². The summed E-state index contributed by atoms with van der Waals surface area (Å²) in [6.07, 6.45) is 2.52. The minimum absolute atomic E-state index is 0.488. The molecule has 0 atom stereocenters. The van der Waals surface area contributed by atoms with Crippen LogP contribution in [0.25, 0.3) is 0 Å². The smallest absolute Gasteiger partial charge is 0.00440 e. The van der Waals surface area contributed by atoms with Gasteiger partial charge in [-0.3, -0.25) is 0 Å². The number of hydrogen-bond acceptors (Lipinski definition) is 2. The summed E-state index contributed by atoms with van der Waals surface area (Å²) in [6, 6.07) is 0. The average Bonchev–Trinajstić information content (AvgIpc) is 2.13. The predicted octanol–water partition coefficient (Wildman–Crippen LogP) is 3.67. The molecule has 0 aliphatic carbocycles. The Morgan fingerprint density at radius 3 is 1.41 bits per heavy atom. The predicted molar refractivity (Wildman–Crippen MR) is 80.6 cm³/mol. The molecule has 0 spiro atoms. The Labute approximate surface area is 110 Å². The summed E-state index contributed by atoms with van der Waals surface area (Å²) < 4.78 is 0. The summed E-state index contributed by atoms with van der Waals surface area (Å²) in [7, 11) is 1.99. The molecule has 17 heavy (non-hydrogen) atoms. The van der Waals surface area contributed by atoms with Crippen LogP contribution in [-0.4, -0.2) is 26.7 Å². The van der Waals surface area contributed by atoms with Gasteiger partial charge in [0.15, 0.2) is 0 Å². The molecule has 2 nitrogen and oxygen atoms in total. The Morgan fingerprint density at radius 2 is 1.18 bits per heavy atom. The van der Waals surface area contributed by atoms with E-state index in [1.807, 2.05) is 7.05 Å². The molecule has 2 heteroatoms. The number of nitrogens with one attached hydrogen (secondary N) is 2. The van der Waals surface area contributed by atoms with Gasteiger partial charge in [-0.05, 0) is 50.4 Å². The molecule has 0 bridgehead atoms. The lowest BCUT2D eigenvalue weighted by Gasteiger charge is -2.17. The maximum absolute atomic E-state index is 3.30. The van der Waals surface area contributed by atoms with Gasteiger partial charge in [0.25, 0.3) is 0 Å². The van der Waals surface area contributed by atoms with Crippen molar-refractivity contribution in [3.05, 3.63) is 0 Å². The zero-order chi connectivity index (χ0) is 13.9. The molecule has 0 aliphatic heterocycles. The van der Waals surface area contributed by atoms with Crippen molar-refractivity contribution < 1.29 is 0 Å². The molecule has 0 aromatic heterocycles. The summed E-state index contributed by atoms with van der Waals surface area (Å²) >= 11 is 0. The highest BCUT2D eigenvalue weighted by atomic mass is 14.8. The lowest BCUT2D eigenvalue weighted by molar-refractivity contribution is 0.369. The molecule has 2 N–H and O–H groups in total. The first-order valence-electron chi connectivity index (χ1n) is 6.97. The molecule has 0 rings (SSSR count). The van der Waals surface area contributed by atoms with Crippen LogP contribution in [-0.2, 0) is 0 Å². The van der Waals surface area contributed by atoms with Crippen molar-refractivity contribution >= 4 is 0 Å². The van der Waals surface area contributed by atoms with Crippen molar-refractivity contribution in [1.82, 2.24) is 10.6 Å². The Bertz CT molecular complexity index is 151. The van der Waals surface area contributed by atoms with Gasteiger partial charge in [-0.25, -0.2) is 0 Å². The zero-order valence-corrected chi connectivity index (χ0v) is 13.5. The van der Waals surface area contributed by atoms with Gasteiger partial charge in [0.2, 0.25) is 0 Å². The third-order valence-corrected chi connectivity index (χ3v) is 2.43. The topological polar surface area (TPSA) is 24.1 Å². The van der Waals surface area contributed by atoms with E-state index in [9.17, 15) is 0 Å². The van der Waals surface area contributed by atoms with Crippen molar-refractivity contribution in [1.29, 1.82) is 0 Å². The highest BCUT2D eigenvalue weighted by Crippen LogP contribution is 2.17. The second-order valence-corrected chi connectivity index (χ2v) is 7.08. The Morgan fingerprint density at radius 1 is 0.765 bits per heavy atom. The molecule has 0 fully saturated rings. The van der Waals surface area contributed by atoms with Crippen LogP contribution in [0.3, 0.4) is 0 Å². The molecular formula is C15H36N2. The van der Waals surface area contributed by atoms with E-state index in [-0.39, 0.29) is 0 Å². The van der Waals surface area contributed by atoms with E-state index in [2.05, 4.69) is 59.1 Å². The second kappa shape index (κ2) is 9.90. The molecule has 0 heterocycles. The van der Waals surface area contributed by atoms with Gasteiger partial charge in [0, 0.05) is 0 Å². The van der Waals surface area contributed by atoms with Crippen molar-refractivity contribution in [2.45, 2.75) is 61.3 Å². The van der Waals surface area contributed by atoms with E-state index >= 15 is 0 Å². The van der Waals surface area contributed by atoms with Crippen molar-refractivity contribution in [2.75, 3.05) is 26.7 Å². The molecule has 0 aliphatic rings. The third-order valence-electron chi connectivity index (χ3n) is 2.43. The summed E-state index contributed by atoms with van der Waals surface area (Å²) in [5.41, 5.74) is 0.977. The van der Waals surface area contributed by atoms with Gasteiger partial charge >= 0.3 is 0 Å². The van der Waals surface area contributed by atoms with Gasteiger partial charge in [-0.1, -0.05) is 48.5 Å². The first-order valence-corrected chi connectivity index (χ1v) is 6.97. The summed E-state index contributed by atoms with van der Waals surface area (Å²) in [6.45, 7) is 19.1. The number of hydrogen-bond donors (Lipinski definition) is 2. The van der Waals surface area contributed by atoms with Gasteiger partial charge in [-0.15, -0.1) is 0 Å². The quantitative estimate of drug-likeness (QED) is 0.721. The first kappa shape index (κ1) is 19.3. The Kier molecular flexibility index (Phi) is 11.2. The highest BCUT2D eigenvalue weighted by molar-refractivity contribution is 4.62. The van der Waals surface area contributed by atoms with Crippen LogP contribution < -0.4 is 10.6 Å². The summed E-state index contributed by atoms with van der Waals surface area (Å²) in [5, 5.41) is 6.43. The Balaban J connectivity index is 0. The maximum Gasteiger partial charge on any atom is -0.00440 e. The lowest BCUT2D eigenvalue weighted by Crippen LogP contribution is -2.19. The van der Waals surface area contributed by atoms with E-state index < -0.39 is 0 Å². The van der Waals surface area contributed by atoms with Gasteiger partial charge in [0.1, 0.15) is 0 Å². The van der Waals surface area contributed by atoms with Gasteiger partial charge in [0.05, 0.1) is 0 Å². The Hall–Kier alpha value is -0.0800. The van der Waals surface area contributed by atoms with Crippen molar-refractivity contribution in [3.8, 4) is 0 Å². The van der Waals surface area contributed by atoms with Crippen LogP contribution in [0.15, 0.2) is 0 Å². The van der Waals surface area contributed by atoms with Crippen molar-refractivity contribution in [3.63, 3.8) is 0 Å². The molecule has 0 saturated carbocycles. The van der Waals surface area contributed by atoms with E-state index in [0.717, 1.165) is 19.6 Å². The molecule has 0 unspecified atom stereocenters. The van der Waals surface area contributed by atoms with Gasteiger partial charge < -0.3 is 10.6 Å². The molecule has 0 radical (unpaired) electrons. The molecular weight excluding hydrogens is 208 g/mol. The minimum Gasteiger partial charge on any atom is -0.320 e. The fraction of sp³-hybridized carbons (Fsp3) is 1.00. The molecule has 0 amide bonds. The van der Waals surface area contributed by atoms with E-state index in [1.165, 1.54) is 12.8 Å². The van der Waals surface area contributed by atoms with Crippen LogP contribution in [0, 0.1) is 10.8 Å². The molecule has 0 aromatic carbocycles. The van der Waals surface area contributed by atoms with E-state index in [0.29, 0.717) is 10.8 Å². The minimum atomic E-state index is 0.488. The molecule has 0 aromatic rings. The lowest BCUT2D eigenvalue weighted by atomic mass is 9.92. The molecule has 0 saturated heterocycles.